The summed E-state index contributed by atoms with van der Waals surface area (Å²) in [6.07, 6.45) is 4.21. The number of carboxylic acids is 1. The molecule has 1 aromatic carbocycles. The molecule has 0 aliphatic carbocycles. The lowest BCUT2D eigenvalue weighted by Crippen LogP contribution is -2.48. The molecule has 1 fully saturated rings. The van der Waals surface area contributed by atoms with Gasteiger partial charge >= 0.3 is 5.97 Å². The van der Waals surface area contributed by atoms with Gasteiger partial charge in [0, 0.05) is 28.7 Å². The van der Waals surface area contributed by atoms with E-state index in [0.29, 0.717) is 18.0 Å². The van der Waals surface area contributed by atoms with Crippen LogP contribution in [0.1, 0.15) is 24.8 Å². The van der Waals surface area contributed by atoms with E-state index in [-0.39, 0.29) is 12.3 Å². The average molecular weight is 321 g/mol. The van der Waals surface area contributed by atoms with Crippen molar-refractivity contribution in [3.05, 3.63) is 35.0 Å². The Kier molecular flexibility index (Phi) is 4.07. The van der Waals surface area contributed by atoms with Gasteiger partial charge in [0.15, 0.2) is 0 Å². The molecule has 0 radical (unpaired) electrons. The lowest BCUT2D eigenvalue weighted by atomic mass is 10.0. The van der Waals surface area contributed by atoms with Crippen LogP contribution in [0.3, 0.4) is 0 Å². The number of fused-ring (bicyclic) bond motifs is 1. The second kappa shape index (κ2) is 6.01. The van der Waals surface area contributed by atoms with Crippen molar-refractivity contribution in [1.82, 2.24) is 9.88 Å². The van der Waals surface area contributed by atoms with Crippen LogP contribution < -0.4 is 0 Å². The minimum atomic E-state index is -0.921. The predicted molar refractivity (Wildman–Crippen MR) is 84.0 cm³/mol. The summed E-state index contributed by atoms with van der Waals surface area (Å²) in [7, 11) is 0. The van der Waals surface area contributed by atoms with E-state index in [4.69, 9.17) is 11.6 Å². The molecule has 1 aromatic heterocycles. The summed E-state index contributed by atoms with van der Waals surface area (Å²) in [5.41, 5.74) is 1.76. The number of carbonyl (C=O) groups is 2. The maximum atomic E-state index is 12.5. The predicted octanol–water partition coefficient (Wildman–Crippen LogP) is 2.83. The third-order valence-electron chi connectivity index (χ3n) is 4.18. The fraction of sp³-hybridized carbons (Fsp3) is 0.375. The molecule has 1 atom stereocenters. The maximum Gasteiger partial charge on any atom is 0.326 e. The normalized spacial score (nSPS) is 18.6. The van der Waals surface area contributed by atoms with Crippen molar-refractivity contribution in [2.45, 2.75) is 31.7 Å². The summed E-state index contributed by atoms with van der Waals surface area (Å²) in [6.45, 7) is 0.513. The van der Waals surface area contributed by atoms with E-state index in [0.717, 1.165) is 29.3 Å². The molecule has 0 spiro atoms. The number of halogens is 1. The number of carboxylic acid groups (broad SMARTS) is 1. The number of aromatic amines is 1. The Morgan fingerprint density at radius 3 is 2.95 bits per heavy atom. The van der Waals surface area contributed by atoms with Gasteiger partial charge in [0.25, 0.3) is 0 Å². The highest BCUT2D eigenvalue weighted by Gasteiger charge is 2.31. The number of nitrogens with zero attached hydrogens (tertiary/aromatic N) is 1. The summed E-state index contributed by atoms with van der Waals surface area (Å²) in [5.74, 6) is -1.07. The molecule has 0 bridgehead atoms. The van der Waals surface area contributed by atoms with Gasteiger partial charge in [-0.3, -0.25) is 4.79 Å². The Hall–Kier alpha value is -2.01. The highest BCUT2D eigenvalue weighted by atomic mass is 35.5. The number of carbonyl (C=O) groups excluding carboxylic acids is 1. The van der Waals surface area contributed by atoms with Crippen molar-refractivity contribution in [1.29, 1.82) is 0 Å². The first-order valence-electron chi connectivity index (χ1n) is 7.34. The maximum absolute atomic E-state index is 12.5. The van der Waals surface area contributed by atoms with Gasteiger partial charge in [-0.1, -0.05) is 11.6 Å². The number of H-pyrrole nitrogens is 1. The number of nitrogens with one attached hydrogen (secondary N) is 1. The number of aliphatic carboxylic acids is 1. The molecule has 1 saturated heterocycles. The highest BCUT2D eigenvalue weighted by Crippen LogP contribution is 2.24. The molecule has 0 saturated carbocycles. The number of piperidine rings is 1. The van der Waals surface area contributed by atoms with Gasteiger partial charge in [-0.05, 0) is 43.0 Å². The quantitative estimate of drug-likeness (QED) is 0.913. The van der Waals surface area contributed by atoms with Gasteiger partial charge in [0.1, 0.15) is 6.04 Å². The van der Waals surface area contributed by atoms with Crippen molar-refractivity contribution >= 4 is 34.4 Å². The monoisotopic (exact) mass is 320 g/mol. The molecule has 1 amide bonds. The van der Waals surface area contributed by atoms with Crippen LogP contribution in [0, 0.1) is 0 Å². The number of hydrogen-bond acceptors (Lipinski definition) is 2. The van der Waals surface area contributed by atoms with Gasteiger partial charge < -0.3 is 15.0 Å². The van der Waals surface area contributed by atoms with E-state index in [9.17, 15) is 14.7 Å². The summed E-state index contributed by atoms with van der Waals surface area (Å²) in [6, 6.07) is 4.78. The summed E-state index contributed by atoms with van der Waals surface area (Å²) in [5, 5.41) is 10.8. The molecule has 5 nitrogen and oxygen atoms in total. The SMILES string of the molecule is O=C(O)C1CCCCN1C(=O)Cc1c[nH]c2ccc(Cl)cc12. The minimum absolute atomic E-state index is 0.145. The largest absolute Gasteiger partial charge is 0.480 e. The zero-order chi connectivity index (χ0) is 15.7. The molecular formula is C16H17ClN2O3. The molecule has 22 heavy (non-hydrogen) atoms. The Morgan fingerprint density at radius 2 is 2.18 bits per heavy atom. The van der Waals surface area contributed by atoms with Crippen molar-refractivity contribution in [2.75, 3.05) is 6.54 Å². The topological polar surface area (TPSA) is 73.4 Å². The van der Waals surface area contributed by atoms with Gasteiger partial charge in [0.2, 0.25) is 5.91 Å². The zero-order valence-corrected chi connectivity index (χ0v) is 12.8. The third kappa shape index (κ3) is 2.81. The molecule has 1 aliphatic heterocycles. The Balaban J connectivity index is 1.83. The van der Waals surface area contributed by atoms with E-state index in [1.54, 1.807) is 12.3 Å². The average Bonchev–Trinajstić information content (AvgIpc) is 2.89. The molecule has 2 aromatic rings. The van der Waals surface area contributed by atoms with Gasteiger partial charge in [-0.15, -0.1) is 0 Å². The van der Waals surface area contributed by atoms with Gasteiger partial charge in [-0.2, -0.15) is 0 Å². The Labute approximate surface area is 132 Å². The van der Waals surface area contributed by atoms with Crippen molar-refractivity contribution in [3.63, 3.8) is 0 Å². The Bertz CT molecular complexity index is 725. The third-order valence-corrected chi connectivity index (χ3v) is 4.41. The van der Waals surface area contributed by atoms with Crippen LogP contribution in [0.2, 0.25) is 5.02 Å². The number of likely N-dealkylation sites (tertiary alicyclic amines) is 1. The van der Waals surface area contributed by atoms with E-state index < -0.39 is 12.0 Å². The zero-order valence-electron chi connectivity index (χ0n) is 12.0. The Morgan fingerprint density at radius 1 is 1.36 bits per heavy atom. The molecule has 3 rings (SSSR count). The van der Waals surface area contributed by atoms with Crippen LogP contribution in [0.4, 0.5) is 0 Å². The van der Waals surface area contributed by atoms with E-state index >= 15 is 0 Å². The second-order valence-electron chi connectivity index (χ2n) is 5.62. The minimum Gasteiger partial charge on any atom is -0.480 e. The van der Waals surface area contributed by atoms with Gasteiger partial charge in [0.05, 0.1) is 6.42 Å². The first kappa shape index (κ1) is 14.9. The first-order valence-corrected chi connectivity index (χ1v) is 7.72. The number of hydrogen-bond donors (Lipinski definition) is 2. The van der Waals surface area contributed by atoms with E-state index in [1.165, 1.54) is 4.90 Å². The van der Waals surface area contributed by atoms with Crippen LogP contribution in [0.5, 0.6) is 0 Å². The molecular weight excluding hydrogens is 304 g/mol. The molecule has 1 unspecified atom stereocenters. The fourth-order valence-corrected chi connectivity index (χ4v) is 3.22. The van der Waals surface area contributed by atoms with Gasteiger partial charge in [-0.25, -0.2) is 4.79 Å². The van der Waals surface area contributed by atoms with Crippen LogP contribution in [-0.4, -0.2) is 39.5 Å². The summed E-state index contributed by atoms with van der Waals surface area (Å²) < 4.78 is 0. The summed E-state index contributed by atoms with van der Waals surface area (Å²) in [4.78, 5) is 28.4. The first-order chi connectivity index (χ1) is 10.6. The number of rotatable bonds is 3. The van der Waals surface area contributed by atoms with Crippen LogP contribution in [-0.2, 0) is 16.0 Å². The van der Waals surface area contributed by atoms with Crippen LogP contribution in [0.15, 0.2) is 24.4 Å². The highest BCUT2D eigenvalue weighted by molar-refractivity contribution is 6.31. The van der Waals surface area contributed by atoms with Crippen LogP contribution in [0.25, 0.3) is 10.9 Å². The lowest BCUT2D eigenvalue weighted by Gasteiger charge is -2.33. The second-order valence-corrected chi connectivity index (χ2v) is 6.05. The lowest BCUT2D eigenvalue weighted by molar-refractivity contribution is -0.151. The molecule has 116 valence electrons. The van der Waals surface area contributed by atoms with Crippen molar-refractivity contribution in [3.8, 4) is 0 Å². The number of aromatic nitrogens is 1. The smallest absolute Gasteiger partial charge is 0.326 e. The molecule has 1 aliphatic rings. The standard InChI is InChI=1S/C16H17ClN2O3/c17-11-4-5-13-12(8-11)10(9-18-13)7-15(20)19-6-2-1-3-14(19)16(21)22/h4-5,8-9,14,18H,1-3,6-7H2,(H,21,22). The molecule has 2 N–H and O–H groups in total. The number of amides is 1. The fourth-order valence-electron chi connectivity index (χ4n) is 3.05. The van der Waals surface area contributed by atoms with Crippen molar-refractivity contribution in [2.24, 2.45) is 0 Å². The van der Waals surface area contributed by atoms with Crippen molar-refractivity contribution < 1.29 is 14.7 Å². The summed E-state index contributed by atoms with van der Waals surface area (Å²) >= 11 is 6.01. The van der Waals surface area contributed by atoms with E-state index in [1.807, 2.05) is 12.1 Å². The van der Waals surface area contributed by atoms with Crippen LogP contribution >= 0.6 is 11.6 Å². The number of benzene rings is 1. The molecule has 2 heterocycles. The molecule has 6 heteroatoms. The van der Waals surface area contributed by atoms with E-state index in [2.05, 4.69) is 4.98 Å².